The lowest BCUT2D eigenvalue weighted by molar-refractivity contribution is -0.143. The zero-order valence-electron chi connectivity index (χ0n) is 25.3. The molecule has 0 aromatic rings. The number of nitrogens with one attached hydrogen (secondary N) is 3. The van der Waals surface area contributed by atoms with Gasteiger partial charge in [-0.3, -0.25) is 24.0 Å². The molecule has 3 aliphatic rings. The Morgan fingerprint density at radius 3 is 2.02 bits per heavy atom. The summed E-state index contributed by atoms with van der Waals surface area (Å²) in [5.41, 5.74) is 4.51. The van der Waals surface area contributed by atoms with E-state index in [2.05, 4.69) is 16.0 Å². The minimum Gasteiger partial charge on any atom is -0.363 e. The molecule has 1 saturated heterocycles. The third-order valence-corrected chi connectivity index (χ3v) is 8.64. The maximum absolute atomic E-state index is 13.9. The number of amides is 5. The van der Waals surface area contributed by atoms with Gasteiger partial charge >= 0.3 is 6.03 Å². The molecule has 3 unspecified atom stereocenters. The molecule has 1 heterocycles. The van der Waals surface area contributed by atoms with E-state index in [1.165, 1.54) is 4.90 Å². The molecule has 230 valence electrons. The van der Waals surface area contributed by atoms with Crippen molar-refractivity contribution < 1.29 is 28.8 Å². The lowest BCUT2D eigenvalue weighted by Crippen LogP contribution is -2.61. The van der Waals surface area contributed by atoms with E-state index in [-0.39, 0.29) is 23.5 Å². The minimum atomic E-state index is -1.10. The topological polar surface area (TPSA) is 168 Å². The van der Waals surface area contributed by atoms with Crippen LogP contribution in [0.15, 0.2) is 0 Å². The Labute approximate surface area is 243 Å². The van der Waals surface area contributed by atoms with Gasteiger partial charge in [0, 0.05) is 12.5 Å². The van der Waals surface area contributed by atoms with Crippen molar-refractivity contribution >= 4 is 35.3 Å². The number of nitrogens with two attached hydrogens (primary N) is 1. The normalized spacial score (nSPS) is 22.0. The Morgan fingerprint density at radius 2 is 1.49 bits per heavy atom. The molecular formula is C30H49N5O6. The summed E-state index contributed by atoms with van der Waals surface area (Å²) in [6.45, 7) is 9.58. The number of carbonyl (C=O) groups excluding carboxylic acids is 6. The highest BCUT2D eigenvalue weighted by Gasteiger charge is 2.43. The predicted molar refractivity (Wildman–Crippen MR) is 153 cm³/mol. The van der Waals surface area contributed by atoms with Crippen molar-refractivity contribution in [2.24, 2.45) is 28.9 Å². The molecule has 0 aromatic carbocycles. The van der Waals surface area contributed by atoms with Gasteiger partial charge in [0.1, 0.15) is 12.1 Å². The van der Waals surface area contributed by atoms with Crippen LogP contribution in [-0.2, 0) is 24.0 Å². The van der Waals surface area contributed by atoms with Crippen molar-refractivity contribution in [1.29, 1.82) is 0 Å². The largest absolute Gasteiger partial charge is 0.363 e. The third-order valence-electron chi connectivity index (χ3n) is 8.64. The second-order valence-electron chi connectivity index (χ2n) is 13.5. The number of ketones is 2. The van der Waals surface area contributed by atoms with Crippen molar-refractivity contribution in [1.82, 2.24) is 20.9 Å². The molecule has 2 aliphatic carbocycles. The summed E-state index contributed by atoms with van der Waals surface area (Å²) in [4.78, 5) is 79.0. The van der Waals surface area contributed by atoms with Gasteiger partial charge in [0.05, 0.1) is 12.1 Å². The molecule has 3 rings (SSSR count). The number of Topliss-reactive ketones (excluding diaryl/α,β-unsaturated/α-hetero) is 2. The predicted octanol–water partition coefficient (Wildman–Crippen LogP) is 2.20. The Bertz CT molecular complexity index is 1010. The molecule has 1 aliphatic heterocycles. The van der Waals surface area contributed by atoms with Crippen LogP contribution in [0.1, 0.15) is 98.8 Å². The number of nitrogens with zero attached hydrogens (tertiary/aromatic N) is 1. The van der Waals surface area contributed by atoms with Gasteiger partial charge in [0.2, 0.25) is 17.6 Å². The fourth-order valence-corrected chi connectivity index (χ4v) is 6.00. The number of carbonyl (C=O) groups is 6. The standard InChI is InChI=1S/C30H49N5O6/c1-17(2)22(23(36)19-10-7-6-8-11-19)33-29(41)34-25(30(3,4)5)28(40)35-15-9-12-21(35)27(39)32-20(16-18-13-14-18)24(37)26(31)38/h17-22,25H,6-16H2,1-5H3,(H2,31,38)(H,32,39)(H2,33,34,41)/t20?,21-,22?,25?/m0/s1. The average molecular weight is 576 g/mol. The monoisotopic (exact) mass is 575 g/mol. The number of rotatable bonds is 12. The van der Waals surface area contributed by atoms with E-state index in [9.17, 15) is 28.8 Å². The molecule has 11 nitrogen and oxygen atoms in total. The Hall–Kier alpha value is -2.98. The second-order valence-corrected chi connectivity index (χ2v) is 13.5. The summed E-state index contributed by atoms with van der Waals surface area (Å²) in [6.07, 6.45) is 7.98. The Balaban J connectivity index is 1.70. The zero-order chi connectivity index (χ0) is 30.5. The van der Waals surface area contributed by atoms with Gasteiger partial charge in [0.15, 0.2) is 5.78 Å². The van der Waals surface area contributed by atoms with Crippen LogP contribution in [0, 0.1) is 23.2 Å². The summed E-state index contributed by atoms with van der Waals surface area (Å²) in [5, 5.41) is 8.32. The highest BCUT2D eigenvalue weighted by Crippen LogP contribution is 2.34. The molecule has 3 fully saturated rings. The van der Waals surface area contributed by atoms with E-state index in [4.69, 9.17) is 5.73 Å². The van der Waals surface area contributed by atoms with Crippen molar-refractivity contribution in [3.05, 3.63) is 0 Å². The molecule has 4 atom stereocenters. The summed E-state index contributed by atoms with van der Waals surface area (Å²) in [7, 11) is 0. The van der Waals surface area contributed by atoms with Crippen molar-refractivity contribution in [3.63, 3.8) is 0 Å². The van der Waals surface area contributed by atoms with E-state index < -0.39 is 59.1 Å². The lowest BCUT2D eigenvalue weighted by Gasteiger charge is -2.36. The van der Waals surface area contributed by atoms with Gasteiger partial charge in [-0.2, -0.15) is 0 Å². The fraction of sp³-hybridized carbons (Fsp3) is 0.800. The highest BCUT2D eigenvalue weighted by atomic mass is 16.2. The molecular weight excluding hydrogens is 526 g/mol. The molecule has 2 saturated carbocycles. The second kappa shape index (κ2) is 13.8. The Kier molecular flexibility index (Phi) is 10.9. The molecule has 41 heavy (non-hydrogen) atoms. The molecule has 11 heteroatoms. The average Bonchev–Trinajstić information content (AvgIpc) is 3.59. The van der Waals surface area contributed by atoms with Crippen LogP contribution in [0.3, 0.4) is 0 Å². The van der Waals surface area contributed by atoms with Crippen LogP contribution in [0.4, 0.5) is 4.79 Å². The molecule has 0 bridgehead atoms. The number of likely N-dealkylation sites (tertiary alicyclic amines) is 1. The van der Waals surface area contributed by atoms with Crippen LogP contribution in [-0.4, -0.2) is 70.9 Å². The van der Waals surface area contributed by atoms with Crippen LogP contribution in [0.25, 0.3) is 0 Å². The SMILES string of the molecule is CC(C)C(NC(=O)NC(C(=O)N1CCC[C@H]1C(=O)NC(CC1CC1)C(=O)C(N)=O)C(C)(C)C)C(=O)C1CCCCC1. The fourth-order valence-electron chi connectivity index (χ4n) is 6.00. The van der Waals surface area contributed by atoms with Crippen molar-refractivity contribution in [2.75, 3.05) is 6.54 Å². The van der Waals surface area contributed by atoms with E-state index in [1.807, 2.05) is 34.6 Å². The van der Waals surface area contributed by atoms with Crippen LogP contribution >= 0.6 is 0 Å². The van der Waals surface area contributed by atoms with Crippen molar-refractivity contribution in [2.45, 2.75) is 123 Å². The smallest absolute Gasteiger partial charge is 0.316 e. The maximum atomic E-state index is 13.9. The summed E-state index contributed by atoms with van der Waals surface area (Å²) < 4.78 is 0. The zero-order valence-corrected chi connectivity index (χ0v) is 25.3. The lowest BCUT2D eigenvalue weighted by atomic mass is 9.81. The van der Waals surface area contributed by atoms with Gasteiger partial charge in [-0.1, -0.05) is 66.7 Å². The molecule has 5 amide bonds. The first-order valence-corrected chi connectivity index (χ1v) is 15.3. The van der Waals surface area contributed by atoms with Gasteiger partial charge in [-0.15, -0.1) is 0 Å². The van der Waals surface area contributed by atoms with E-state index in [0.29, 0.717) is 25.8 Å². The summed E-state index contributed by atoms with van der Waals surface area (Å²) >= 11 is 0. The quantitative estimate of drug-likeness (QED) is 0.260. The van der Waals surface area contributed by atoms with E-state index in [0.717, 1.165) is 44.9 Å². The summed E-state index contributed by atoms with van der Waals surface area (Å²) in [6, 6.07) is -4.08. The first-order chi connectivity index (χ1) is 19.2. The molecule has 5 N–H and O–H groups in total. The van der Waals surface area contributed by atoms with Crippen LogP contribution < -0.4 is 21.7 Å². The maximum Gasteiger partial charge on any atom is 0.316 e. The van der Waals surface area contributed by atoms with Crippen LogP contribution in [0.5, 0.6) is 0 Å². The number of hydrogen-bond acceptors (Lipinski definition) is 6. The van der Waals surface area contributed by atoms with Gasteiger partial charge < -0.3 is 26.6 Å². The van der Waals surface area contributed by atoms with Gasteiger partial charge in [0.25, 0.3) is 5.91 Å². The molecule has 0 radical (unpaired) electrons. The molecule has 0 spiro atoms. The Morgan fingerprint density at radius 1 is 0.854 bits per heavy atom. The van der Waals surface area contributed by atoms with Gasteiger partial charge in [-0.05, 0) is 49.4 Å². The minimum absolute atomic E-state index is 0.0380. The molecule has 0 aromatic heterocycles. The van der Waals surface area contributed by atoms with E-state index >= 15 is 0 Å². The van der Waals surface area contributed by atoms with Crippen LogP contribution in [0.2, 0.25) is 0 Å². The van der Waals surface area contributed by atoms with E-state index in [1.54, 1.807) is 0 Å². The number of hydrogen-bond donors (Lipinski definition) is 4. The summed E-state index contributed by atoms with van der Waals surface area (Å²) in [5.74, 6) is -2.73. The number of primary amides is 1. The first-order valence-electron chi connectivity index (χ1n) is 15.3. The number of urea groups is 1. The van der Waals surface area contributed by atoms with Gasteiger partial charge in [-0.25, -0.2) is 4.79 Å². The highest BCUT2D eigenvalue weighted by molar-refractivity contribution is 6.37. The first kappa shape index (κ1) is 32.5. The third kappa shape index (κ3) is 8.75. The van der Waals surface area contributed by atoms with Crippen molar-refractivity contribution in [3.8, 4) is 0 Å².